The molecule has 0 bridgehead atoms. The van der Waals surface area contributed by atoms with E-state index in [9.17, 15) is 5.26 Å². The lowest BCUT2D eigenvalue weighted by atomic mass is 9.81. The van der Waals surface area contributed by atoms with Gasteiger partial charge in [0.25, 0.3) is 0 Å². The zero-order chi connectivity index (χ0) is 25.8. The SMILES string of the molecule is CCc1ccccc1C1NN=C(C2=CC=CCC2C)N1C1=C(CC(C)C)CC(C#N)C=C1CC(C)C. The van der Waals surface area contributed by atoms with Crippen LogP contribution in [0.3, 0.4) is 0 Å². The number of nitrogens with one attached hydrogen (secondary N) is 1. The number of hydrazone groups is 1. The lowest BCUT2D eigenvalue weighted by molar-refractivity contribution is 0.353. The number of hydrogen-bond acceptors (Lipinski definition) is 4. The van der Waals surface area contributed by atoms with Crippen molar-refractivity contribution in [3.63, 3.8) is 0 Å². The van der Waals surface area contributed by atoms with E-state index in [0.717, 1.165) is 37.9 Å². The Morgan fingerprint density at radius 2 is 1.89 bits per heavy atom. The number of aryl methyl sites for hydroxylation is 1. The van der Waals surface area contributed by atoms with Gasteiger partial charge in [-0.2, -0.15) is 10.4 Å². The molecule has 3 atom stereocenters. The minimum atomic E-state index is -0.0680. The van der Waals surface area contributed by atoms with Crippen LogP contribution in [0.4, 0.5) is 0 Å². The highest BCUT2D eigenvalue weighted by Gasteiger charge is 2.39. The van der Waals surface area contributed by atoms with Gasteiger partial charge in [-0.25, -0.2) is 0 Å². The van der Waals surface area contributed by atoms with Crippen LogP contribution in [0.15, 0.2) is 76.1 Å². The van der Waals surface area contributed by atoms with Crippen molar-refractivity contribution in [3.8, 4) is 6.07 Å². The molecule has 1 aromatic carbocycles. The Morgan fingerprint density at radius 1 is 1.14 bits per heavy atom. The molecule has 36 heavy (non-hydrogen) atoms. The highest BCUT2D eigenvalue weighted by atomic mass is 15.5. The van der Waals surface area contributed by atoms with Crippen molar-refractivity contribution in [2.75, 3.05) is 0 Å². The molecule has 3 aliphatic rings. The van der Waals surface area contributed by atoms with E-state index in [4.69, 9.17) is 5.10 Å². The van der Waals surface area contributed by atoms with E-state index in [0.29, 0.717) is 17.8 Å². The predicted molar refractivity (Wildman–Crippen MR) is 150 cm³/mol. The average Bonchev–Trinajstić information content (AvgIpc) is 3.27. The highest BCUT2D eigenvalue weighted by Crippen LogP contribution is 2.43. The fraction of sp³-hybridized carbons (Fsp3) is 0.500. The molecule has 0 saturated carbocycles. The van der Waals surface area contributed by atoms with Crippen molar-refractivity contribution in [1.82, 2.24) is 10.3 Å². The van der Waals surface area contributed by atoms with Gasteiger partial charge in [0, 0.05) is 5.70 Å². The standard InChI is InChI=1S/C32H42N4/c1-7-25-13-9-11-15-29(25)32-35-34-31(28-14-10-8-12-23(28)6)36(32)30-26(16-21(2)3)18-24(20-33)19-27(30)17-22(4)5/h8-11,13-15,18,21-24,32,35H,7,12,16-17,19H2,1-6H3. The van der Waals surface area contributed by atoms with Crippen LogP contribution in [0.2, 0.25) is 0 Å². The van der Waals surface area contributed by atoms with Crippen LogP contribution in [-0.2, 0) is 6.42 Å². The first-order valence-corrected chi connectivity index (χ1v) is 13.7. The summed E-state index contributed by atoms with van der Waals surface area (Å²) in [5.74, 6) is 2.38. The van der Waals surface area contributed by atoms with Crippen LogP contribution in [0.25, 0.3) is 0 Å². The van der Waals surface area contributed by atoms with Gasteiger partial charge >= 0.3 is 0 Å². The third-order valence-corrected chi connectivity index (χ3v) is 7.40. The second kappa shape index (κ2) is 11.3. The second-order valence-corrected chi connectivity index (χ2v) is 11.4. The van der Waals surface area contributed by atoms with E-state index in [1.54, 1.807) is 0 Å². The second-order valence-electron chi connectivity index (χ2n) is 11.4. The summed E-state index contributed by atoms with van der Waals surface area (Å²) in [6.45, 7) is 13.6. The average molecular weight is 483 g/mol. The molecule has 1 aliphatic heterocycles. The molecule has 0 amide bonds. The Hall–Kier alpha value is -3.06. The Labute approximate surface area is 218 Å². The minimum absolute atomic E-state index is 0.0654. The first-order chi connectivity index (χ1) is 17.3. The zero-order valence-corrected chi connectivity index (χ0v) is 22.9. The molecule has 4 rings (SSSR count). The summed E-state index contributed by atoms with van der Waals surface area (Å²) in [6.07, 6.45) is 13.6. The molecule has 1 aromatic rings. The molecular formula is C32H42N4. The van der Waals surface area contributed by atoms with Crippen LogP contribution >= 0.6 is 0 Å². The molecule has 1 heterocycles. The molecular weight excluding hydrogens is 440 g/mol. The lowest BCUT2D eigenvalue weighted by Gasteiger charge is -2.38. The monoisotopic (exact) mass is 482 g/mol. The van der Waals surface area contributed by atoms with Gasteiger partial charge in [0.05, 0.1) is 12.0 Å². The zero-order valence-electron chi connectivity index (χ0n) is 22.9. The molecule has 0 saturated heterocycles. The molecule has 190 valence electrons. The Bertz CT molecular complexity index is 1150. The van der Waals surface area contributed by atoms with E-state index >= 15 is 0 Å². The summed E-state index contributed by atoms with van der Waals surface area (Å²) in [6, 6.07) is 11.3. The van der Waals surface area contributed by atoms with Crippen molar-refractivity contribution in [1.29, 1.82) is 5.26 Å². The third kappa shape index (κ3) is 5.36. The van der Waals surface area contributed by atoms with Crippen molar-refractivity contribution < 1.29 is 0 Å². The van der Waals surface area contributed by atoms with Gasteiger partial charge in [0.15, 0.2) is 5.84 Å². The largest absolute Gasteiger partial charge is 0.298 e. The molecule has 0 aromatic heterocycles. The Morgan fingerprint density at radius 3 is 2.56 bits per heavy atom. The molecule has 4 heteroatoms. The molecule has 3 unspecified atom stereocenters. The van der Waals surface area contributed by atoms with E-state index in [-0.39, 0.29) is 12.1 Å². The highest BCUT2D eigenvalue weighted by molar-refractivity contribution is 6.01. The van der Waals surface area contributed by atoms with E-state index in [1.807, 2.05) is 0 Å². The van der Waals surface area contributed by atoms with Gasteiger partial charge in [-0.15, -0.1) is 0 Å². The first-order valence-electron chi connectivity index (χ1n) is 13.7. The minimum Gasteiger partial charge on any atom is -0.298 e. The van der Waals surface area contributed by atoms with Gasteiger partial charge in [-0.1, -0.05) is 90.1 Å². The summed E-state index contributed by atoms with van der Waals surface area (Å²) < 4.78 is 0. The Kier molecular flexibility index (Phi) is 8.19. The summed E-state index contributed by atoms with van der Waals surface area (Å²) in [4.78, 5) is 2.50. The number of rotatable bonds is 8. The van der Waals surface area contributed by atoms with Crippen LogP contribution in [-0.4, -0.2) is 10.7 Å². The normalized spacial score (nSPS) is 24.0. The number of allylic oxidation sites excluding steroid dienone is 6. The van der Waals surface area contributed by atoms with Crippen molar-refractivity contribution in [2.45, 2.75) is 79.8 Å². The van der Waals surface area contributed by atoms with Crippen LogP contribution < -0.4 is 5.43 Å². The molecule has 0 radical (unpaired) electrons. The summed E-state index contributed by atoms with van der Waals surface area (Å²) in [5, 5.41) is 15.0. The van der Waals surface area contributed by atoms with Gasteiger partial charge < -0.3 is 0 Å². The van der Waals surface area contributed by atoms with E-state index in [1.165, 1.54) is 33.5 Å². The first kappa shape index (κ1) is 26.0. The number of hydrogen-bond donors (Lipinski definition) is 1. The van der Waals surface area contributed by atoms with E-state index < -0.39 is 0 Å². The summed E-state index contributed by atoms with van der Waals surface area (Å²) >= 11 is 0. The maximum Gasteiger partial charge on any atom is 0.158 e. The molecule has 0 spiro atoms. The fourth-order valence-corrected chi connectivity index (χ4v) is 5.82. The van der Waals surface area contributed by atoms with Crippen molar-refractivity contribution in [2.24, 2.45) is 28.8 Å². The van der Waals surface area contributed by atoms with Gasteiger partial charge in [-0.05, 0) is 77.7 Å². The predicted octanol–water partition coefficient (Wildman–Crippen LogP) is 7.80. The van der Waals surface area contributed by atoms with Gasteiger partial charge in [0.1, 0.15) is 6.17 Å². The third-order valence-electron chi connectivity index (χ3n) is 7.40. The Balaban J connectivity index is 1.93. The van der Waals surface area contributed by atoms with Gasteiger partial charge in [0.2, 0.25) is 0 Å². The van der Waals surface area contributed by atoms with Crippen molar-refractivity contribution in [3.05, 3.63) is 82.1 Å². The molecule has 1 N–H and O–H groups in total. The van der Waals surface area contributed by atoms with E-state index in [2.05, 4.69) is 107 Å². The quantitative estimate of drug-likeness (QED) is 0.411. The van der Waals surface area contributed by atoms with Crippen LogP contribution in [0.1, 0.15) is 84.5 Å². The number of amidine groups is 1. The van der Waals surface area contributed by atoms with Crippen molar-refractivity contribution >= 4 is 5.84 Å². The topological polar surface area (TPSA) is 51.4 Å². The summed E-state index contributed by atoms with van der Waals surface area (Å²) in [5.41, 5.74) is 11.4. The molecule has 0 fully saturated rings. The molecule has 2 aliphatic carbocycles. The smallest absolute Gasteiger partial charge is 0.158 e. The van der Waals surface area contributed by atoms with Crippen LogP contribution in [0, 0.1) is 35.0 Å². The lowest BCUT2D eigenvalue weighted by Crippen LogP contribution is -2.38. The number of nitriles is 1. The van der Waals surface area contributed by atoms with Crippen LogP contribution in [0.5, 0.6) is 0 Å². The number of benzene rings is 1. The maximum absolute atomic E-state index is 9.95. The number of nitrogens with zero attached hydrogens (tertiary/aromatic N) is 3. The fourth-order valence-electron chi connectivity index (χ4n) is 5.82. The maximum atomic E-state index is 9.95. The van der Waals surface area contributed by atoms with Gasteiger partial charge in [-0.3, -0.25) is 10.3 Å². The summed E-state index contributed by atoms with van der Waals surface area (Å²) in [7, 11) is 0. The molecule has 4 nitrogen and oxygen atoms in total.